The molecule has 6 aromatic carbocycles. The number of rotatable bonds is 6. The molecule has 0 aromatic heterocycles. The van der Waals surface area contributed by atoms with Crippen molar-refractivity contribution in [3.05, 3.63) is 196 Å². The standard InChI is InChI=1S/C25H17.C13H10.C5H5.2ClH.Ti/c1-3-7-18(8-4-1)20-11-13-22-15-23-14-12-21(17-25(23)24(22)16-20)19-9-5-2-6-10-19;1-3-7-12(8-4-1)11-13-9-5-2-6-10-13;1-2-4-5-3-1;;;/h1-13,16-17H,15H2;1-10H;1-3H,4H2;2*1H;/q;;;;;+2/p-2. The molecule has 0 spiro atoms. The Morgan fingerprint density at radius 1 is 0.500 bits per heavy atom. The van der Waals surface area contributed by atoms with Crippen molar-refractivity contribution in [2.45, 2.75) is 12.8 Å². The van der Waals surface area contributed by atoms with Crippen molar-refractivity contribution in [1.82, 2.24) is 0 Å². The van der Waals surface area contributed by atoms with Gasteiger partial charge in [-0.1, -0.05) is 0 Å². The molecule has 0 atom stereocenters. The van der Waals surface area contributed by atoms with E-state index < -0.39 is 17.4 Å². The number of fused-ring (bicyclic) bond motifs is 3. The van der Waals surface area contributed by atoms with Crippen LogP contribution in [0.25, 0.3) is 33.4 Å². The fourth-order valence-electron chi connectivity index (χ4n) is 6.87. The summed E-state index contributed by atoms with van der Waals surface area (Å²) in [6, 6.07) is 56.2. The fraction of sp³-hybridized carbons (Fsp3) is 0.0465. The van der Waals surface area contributed by atoms with Crippen LogP contribution in [0.2, 0.25) is 0 Å². The van der Waals surface area contributed by atoms with E-state index in [1.165, 1.54) is 59.4 Å². The van der Waals surface area contributed by atoms with Crippen molar-refractivity contribution in [3.63, 3.8) is 0 Å². The molecule has 46 heavy (non-hydrogen) atoms. The number of benzene rings is 6. The molecule has 2 aliphatic carbocycles. The Morgan fingerprint density at radius 2 is 1.04 bits per heavy atom. The number of allylic oxidation sites excluding steroid dienone is 4. The maximum Gasteiger partial charge on any atom is -1.00 e. The van der Waals surface area contributed by atoms with Crippen LogP contribution in [0.3, 0.4) is 0 Å². The van der Waals surface area contributed by atoms with Gasteiger partial charge in [-0.25, -0.2) is 0 Å². The molecule has 0 saturated carbocycles. The molecule has 0 nitrogen and oxygen atoms in total. The van der Waals surface area contributed by atoms with Crippen LogP contribution >= 0.6 is 0 Å². The Labute approximate surface area is 290 Å². The summed E-state index contributed by atoms with van der Waals surface area (Å²) >= 11 is -2.30. The molecule has 0 heterocycles. The van der Waals surface area contributed by atoms with Crippen molar-refractivity contribution in [2.75, 3.05) is 0 Å². The van der Waals surface area contributed by atoms with Gasteiger partial charge in [0.1, 0.15) is 0 Å². The molecular formula is C43H32Cl2Ti. The predicted octanol–water partition coefficient (Wildman–Crippen LogP) is 3.96. The van der Waals surface area contributed by atoms with Gasteiger partial charge in [0.05, 0.1) is 0 Å². The molecule has 3 heteroatoms. The first-order valence-electron chi connectivity index (χ1n) is 15.5. The molecule has 0 amide bonds. The van der Waals surface area contributed by atoms with Crippen molar-refractivity contribution in [2.24, 2.45) is 0 Å². The molecule has 0 unspecified atom stereocenters. The monoisotopic (exact) mass is 666 g/mol. The quantitative estimate of drug-likeness (QED) is 0.236. The molecule has 2 aliphatic rings. The van der Waals surface area contributed by atoms with E-state index in [1.807, 2.05) is 0 Å². The summed E-state index contributed by atoms with van der Waals surface area (Å²) in [5.74, 6) is 0. The van der Waals surface area contributed by atoms with Gasteiger partial charge in [-0.15, -0.1) is 0 Å². The van der Waals surface area contributed by atoms with Gasteiger partial charge in [0.2, 0.25) is 0 Å². The van der Waals surface area contributed by atoms with Gasteiger partial charge < -0.3 is 24.8 Å². The van der Waals surface area contributed by atoms with E-state index in [-0.39, 0.29) is 24.8 Å². The zero-order valence-electron chi connectivity index (χ0n) is 25.3. The molecule has 0 N–H and O–H groups in total. The largest absolute Gasteiger partial charge is 1.00 e. The molecule has 0 fully saturated rings. The van der Waals surface area contributed by atoms with Crippen LogP contribution < -0.4 is 28.7 Å². The van der Waals surface area contributed by atoms with Crippen LogP contribution in [0.5, 0.6) is 0 Å². The molecule has 0 aliphatic heterocycles. The van der Waals surface area contributed by atoms with Crippen LogP contribution in [-0.2, 0) is 23.8 Å². The summed E-state index contributed by atoms with van der Waals surface area (Å²) < 4.78 is 4.73. The summed E-state index contributed by atoms with van der Waals surface area (Å²) in [5.41, 5.74) is 13.6. The van der Waals surface area contributed by atoms with E-state index >= 15 is 0 Å². The number of hydrogen-bond donors (Lipinski definition) is 0. The Balaban J connectivity index is 0.00000186. The van der Waals surface area contributed by atoms with E-state index in [9.17, 15) is 0 Å². The fourth-order valence-corrected chi connectivity index (χ4v) is 12.0. The number of hydrogen-bond acceptors (Lipinski definition) is 0. The van der Waals surface area contributed by atoms with E-state index in [1.54, 1.807) is 7.75 Å². The topological polar surface area (TPSA) is 0 Å². The second-order valence-electron chi connectivity index (χ2n) is 11.6. The van der Waals surface area contributed by atoms with Crippen molar-refractivity contribution in [1.29, 1.82) is 0 Å². The van der Waals surface area contributed by atoms with E-state index in [4.69, 9.17) is 0 Å². The first-order chi connectivity index (χ1) is 21.8. The third kappa shape index (κ3) is 6.07. The summed E-state index contributed by atoms with van der Waals surface area (Å²) in [4.78, 5) is 0. The Morgan fingerprint density at radius 3 is 1.61 bits per heavy atom. The van der Waals surface area contributed by atoms with Crippen LogP contribution in [0.4, 0.5) is 0 Å². The Kier molecular flexibility index (Phi) is 9.83. The normalized spacial score (nSPS) is 12.1. The maximum absolute atomic E-state index is 2.57. The summed E-state index contributed by atoms with van der Waals surface area (Å²) in [5, 5.41) is 0. The van der Waals surface area contributed by atoms with Gasteiger partial charge in [0.15, 0.2) is 0 Å². The van der Waals surface area contributed by atoms with Crippen molar-refractivity contribution < 1.29 is 42.2 Å². The van der Waals surface area contributed by atoms with Gasteiger partial charge >= 0.3 is 267 Å². The Hall–Kier alpha value is -4.04. The molecule has 6 aromatic rings. The van der Waals surface area contributed by atoms with E-state index in [2.05, 4.69) is 170 Å². The van der Waals surface area contributed by atoms with Gasteiger partial charge in [-0.3, -0.25) is 0 Å². The second kappa shape index (κ2) is 14.2. The van der Waals surface area contributed by atoms with E-state index in [0.29, 0.717) is 0 Å². The smallest absolute Gasteiger partial charge is 1.00 e. The first kappa shape index (κ1) is 31.9. The summed E-state index contributed by atoms with van der Waals surface area (Å²) in [6.07, 6.45) is 9.07. The van der Waals surface area contributed by atoms with Crippen LogP contribution in [0, 0.1) is 0 Å². The number of halogens is 2. The summed E-state index contributed by atoms with van der Waals surface area (Å²) in [6.45, 7) is 0. The zero-order valence-corrected chi connectivity index (χ0v) is 28.4. The molecule has 8 rings (SSSR count). The maximum atomic E-state index is 2.57. The van der Waals surface area contributed by atoms with Crippen LogP contribution in [0.15, 0.2) is 174 Å². The average Bonchev–Trinajstić information content (AvgIpc) is 3.77. The third-order valence-corrected chi connectivity index (χ3v) is 13.8. The molecule has 0 radical (unpaired) electrons. The molecular weight excluding hydrogens is 635 g/mol. The van der Waals surface area contributed by atoms with E-state index in [0.717, 1.165) is 12.8 Å². The second-order valence-corrected chi connectivity index (χ2v) is 15.4. The van der Waals surface area contributed by atoms with Gasteiger partial charge in [-0.05, 0) is 0 Å². The third-order valence-electron chi connectivity index (χ3n) is 8.97. The molecule has 222 valence electrons. The van der Waals surface area contributed by atoms with Crippen molar-refractivity contribution in [3.8, 4) is 33.4 Å². The minimum atomic E-state index is -2.30. The minimum Gasteiger partial charge on any atom is -1.00 e. The Bertz CT molecular complexity index is 2040. The zero-order chi connectivity index (χ0) is 29.3. The molecule has 0 bridgehead atoms. The SMILES string of the molecule is C1=CC[C]([Ti+2](=[C](c2ccccc2)c2ccccc2)[c]2cc(-c3ccccc3)cc3c2Cc2ccc(-c4ccccc4)cc2-3)=C1.[Cl-].[Cl-]. The van der Waals surface area contributed by atoms with Crippen molar-refractivity contribution >= 4 is 7.68 Å². The van der Waals surface area contributed by atoms with Crippen LogP contribution in [0.1, 0.15) is 28.7 Å². The average molecular weight is 668 g/mol. The van der Waals surface area contributed by atoms with Gasteiger partial charge in [0, 0.05) is 0 Å². The summed E-state index contributed by atoms with van der Waals surface area (Å²) in [7, 11) is 0. The minimum absolute atomic E-state index is 0. The molecule has 0 saturated heterocycles. The first-order valence-corrected chi connectivity index (χ1v) is 17.8. The van der Waals surface area contributed by atoms with Gasteiger partial charge in [-0.2, -0.15) is 0 Å². The van der Waals surface area contributed by atoms with Gasteiger partial charge in [0.25, 0.3) is 0 Å². The van der Waals surface area contributed by atoms with Crippen LogP contribution in [-0.4, -0.2) is 3.81 Å². The predicted molar refractivity (Wildman–Crippen MR) is 183 cm³/mol.